The van der Waals surface area contributed by atoms with Crippen LogP contribution in [0.2, 0.25) is 0 Å². The van der Waals surface area contributed by atoms with Gasteiger partial charge >= 0.3 is 0 Å². The molecule has 0 saturated heterocycles. The van der Waals surface area contributed by atoms with Crippen LogP contribution < -0.4 is 10.6 Å². The second kappa shape index (κ2) is 8.38. The fourth-order valence-corrected chi connectivity index (χ4v) is 1.86. The summed E-state index contributed by atoms with van der Waals surface area (Å²) < 4.78 is 0. The molecule has 3 unspecified atom stereocenters. The molecule has 122 valence electrons. The Morgan fingerprint density at radius 1 is 0.750 bits per heavy atom. The molecule has 0 aromatic rings. The van der Waals surface area contributed by atoms with Gasteiger partial charge in [0.05, 0.1) is 0 Å². The van der Waals surface area contributed by atoms with E-state index in [0.717, 1.165) is 19.0 Å². The van der Waals surface area contributed by atoms with Crippen molar-refractivity contribution in [2.24, 2.45) is 16.7 Å². The fraction of sp³-hybridized carbons (Fsp3) is 1.00. The summed E-state index contributed by atoms with van der Waals surface area (Å²) in [5.74, 6) is 0.756. The largest absolute Gasteiger partial charge is 0.314 e. The fourth-order valence-electron chi connectivity index (χ4n) is 1.86. The molecule has 0 amide bonds. The third-order valence-electron chi connectivity index (χ3n) is 4.69. The summed E-state index contributed by atoms with van der Waals surface area (Å²) in [4.78, 5) is 0. The van der Waals surface area contributed by atoms with E-state index in [1.165, 1.54) is 12.8 Å². The van der Waals surface area contributed by atoms with Gasteiger partial charge in [0.1, 0.15) is 0 Å². The highest BCUT2D eigenvalue weighted by Gasteiger charge is 2.20. The zero-order valence-electron chi connectivity index (χ0n) is 15.6. The zero-order chi connectivity index (χ0) is 16.0. The van der Waals surface area contributed by atoms with E-state index in [-0.39, 0.29) is 0 Å². The van der Waals surface area contributed by atoms with Gasteiger partial charge in [-0.3, -0.25) is 0 Å². The maximum Gasteiger partial charge on any atom is 0.00873 e. The number of rotatable bonds is 8. The van der Waals surface area contributed by atoms with Crippen molar-refractivity contribution in [2.45, 2.75) is 87.2 Å². The highest BCUT2D eigenvalue weighted by Crippen LogP contribution is 2.19. The van der Waals surface area contributed by atoms with Crippen LogP contribution in [-0.2, 0) is 0 Å². The molecule has 0 aliphatic rings. The van der Waals surface area contributed by atoms with Gasteiger partial charge in [-0.2, -0.15) is 0 Å². The minimum atomic E-state index is 0.351. The van der Waals surface area contributed by atoms with Crippen LogP contribution in [0.15, 0.2) is 0 Å². The average molecular weight is 285 g/mol. The van der Waals surface area contributed by atoms with Crippen LogP contribution in [0.1, 0.15) is 75.2 Å². The first-order valence-electron chi connectivity index (χ1n) is 8.41. The SMILES string of the molecule is CC(CCCNC(C)C(C)(C)C)CNC(C)C(C)(C)C. The Morgan fingerprint density at radius 3 is 1.65 bits per heavy atom. The van der Waals surface area contributed by atoms with Crippen LogP contribution >= 0.6 is 0 Å². The van der Waals surface area contributed by atoms with Gasteiger partial charge in [-0.1, -0.05) is 48.5 Å². The molecule has 0 radical (unpaired) electrons. The van der Waals surface area contributed by atoms with Gasteiger partial charge in [0.2, 0.25) is 0 Å². The summed E-state index contributed by atoms with van der Waals surface area (Å²) >= 11 is 0. The second-order valence-electron chi connectivity index (χ2n) is 8.79. The van der Waals surface area contributed by atoms with E-state index < -0.39 is 0 Å². The molecule has 0 bridgehead atoms. The Hall–Kier alpha value is -0.0800. The van der Waals surface area contributed by atoms with E-state index in [9.17, 15) is 0 Å². The summed E-state index contributed by atoms with van der Waals surface area (Å²) in [6, 6.07) is 1.15. The van der Waals surface area contributed by atoms with Gasteiger partial charge in [-0.25, -0.2) is 0 Å². The normalized spacial score (nSPS) is 17.9. The van der Waals surface area contributed by atoms with Crippen molar-refractivity contribution in [3.8, 4) is 0 Å². The Bertz CT molecular complexity index is 247. The van der Waals surface area contributed by atoms with Crippen molar-refractivity contribution in [1.29, 1.82) is 0 Å². The summed E-state index contributed by atoms with van der Waals surface area (Å²) in [5.41, 5.74) is 0.707. The third-order valence-corrected chi connectivity index (χ3v) is 4.69. The van der Waals surface area contributed by atoms with Gasteiger partial charge in [0, 0.05) is 12.1 Å². The lowest BCUT2D eigenvalue weighted by atomic mass is 9.87. The molecule has 2 nitrogen and oxygen atoms in total. The minimum absolute atomic E-state index is 0.351. The molecule has 20 heavy (non-hydrogen) atoms. The second-order valence-corrected chi connectivity index (χ2v) is 8.79. The van der Waals surface area contributed by atoms with Gasteiger partial charge < -0.3 is 10.6 Å². The van der Waals surface area contributed by atoms with Crippen molar-refractivity contribution in [1.82, 2.24) is 10.6 Å². The Balaban J connectivity index is 3.72. The first kappa shape index (κ1) is 19.9. The third kappa shape index (κ3) is 8.97. The van der Waals surface area contributed by atoms with E-state index in [1.807, 2.05) is 0 Å². The summed E-state index contributed by atoms with van der Waals surface area (Å²) in [7, 11) is 0. The molecule has 0 saturated carbocycles. The monoisotopic (exact) mass is 284 g/mol. The highest BCUT2D eigenvalue weighted by atomic mass is 14.9. The topological polar surface area (TPSA) is 24.1 Å². The van der Waals surface area contributed by atoms with Crippen LogP contribution in [0, 0.1) is 16.7 Å². The Kier molecular flexibility index (Phi) is 8.35. The molecule has 0 aromatic heterocycles. The standard InChI is InChI=1S/C18H40N2/c1-14(13-20-16(3)18(7,8)9)11-10-12-19-15(2)17(4,5)6/h14-16,19-20H,10-13H2,1-9H3. The molecular weight excluding hydrogens is 244 g/mol. The van der Waals surface area contributed by atoms with Crippen LogP contribution in [0.25, 0.3) is 0 Å². The van der Waals surface area contributed by atoms with Crippen molar-refractivity contribution in [2.75, 3.05) is 13.1 Å². The van der Waals surface area contributed by atoms with Crippen molar-refractivity contribution >= 4 is 0 Å². The Morgan fingerprint density at radius 2 is 1.20 bits per heavy atom. The number of hydrogen-bond acceptors (Lipinski definition) is 2. The summed E-state index contributed by atoms with van der Waals surface area (Å²) in [5, 5.41) is 7.32. The van der Waals surface area contributed by atoms with Gasteiger partial charge in [0.15, 0.2) is 0 Å². The lowest BCUT2D eigenvalue weighted by molar-refractivity contribution is 0.268. The molecule has 0 heterocycles. The van der Waals surface area contributed by atoms with Crippen LogP contribution in [0.4, 0.5) is 0 Å². The quantitative estimate of drug-likeness (QED) is 0.643. The van der Waals surface area contributed by atoms with E-state index >= 15 is 0 Å². The minimum Gasteiger partial charge on any atom is -0.314 e. The molecule has 0 rings (SSSR count). The lowest BCUT2D eigenvalue weighted by Gasteiger charge is -2.30. The smallest absolute Gasteiger partial charge is 0.00873 e. The van der Waals surface area contributed by atoms with Crippen LogP contribution in [0.3, 0.4) is 0 Å². The molecule has 0 fully saturated rings. The van der Waals surface area contributed by atoms with Crippen molar-refractivity contribution in [3.05, 3.63) is 0 Å². The maximum absolute atomic E-state index is 3.68. The van der Waals surface area contributed by atoms with E-state index in [2.05, 4.69) is 72.9 Å². The van der Waals surface area contributed by atoms with Gasteiger partial charge in [-0.15, -0.1) is 0 Å². The molecule has 2 heteroatoms. The molecule has 3 atom stereocenters. The zero-order valence-corrected chi connectivity index (χ0v) is 15.6. The number of hydrogen-bond donors (Lipinski definition) is 2. The number of nitrogens with one attached hydrogen (secondary N) is 2. The summed E-state index contributed by atoms with van der Waals surface area (Å²) in [6.07, 6.45) is 2.57. The van der Waals surface area contributed by atoms with Crippen LogP contribution in [0.5, 0.6) is 0 Å². The molecule has 0 aliphatic carbocycles. The van der Waals surface area contributed by atoms with Gasteiger partial charge in [0.25, 0.3) is 0 Å². The molecule has 2 N–H and O–H groups in total. The summed E-state index contributed by atoms with van der Waals surface area (Å²) in [6.45, 7) is 23.0. The van der Waals surface area contributed by atoms with E-state index in [0.29, 0.717) is 22.9 Å². The van der Waals surface area contributed by atoms with E-state index in [1.54, 1.807) is 0 Å². The average Bonchev–Trinajstić information content (AvgIpc) is 2.28. The van der Waals surface area contributed by atoms with Gasteiger partial charge in [-0.05, 0) is 56.5 Å². The molecule has 0 aromatic carbocycles. The maximum atomic E-state index is 3.68. The first-order valence-corrected chi connectivity index (χ1v) is 8.41. The lowest BCUT2D eigenvalue weighted by Crippen LogP contribution is -2.40. The Labute approximate surface area is 128 Å². The molecule has 0 aliphatic heterocycles. The predicted molar refractivity (Wildman–Crippen MR) is 92.2 cm³/mol. The van der Waals surface area contributed by atoms with Crippen molar-refractivity contribution in [3.63, 3.8) is 0 Å². The van der Waals surface area contributed by atoms with Crippen molar-refractivity contribution < 1.29 is 0 Å². The molecule has 0 spiro atoms. The molecular formula is C18H40N2. The van der Waals surface area contributed by atoms with E-state index in [4.69, 9.17) is 0 Å². The predicted octanol–water partition coefficient (Wildman–Crippen LogP) is 4.45. The first-order chi connectivity index (χ1) is 8.94. The van der Waals surface area contributed by atoms with Crippen LogP contribution in [-0.4, -0.2) is 25.2 Å². The highest BCUT2D eigenvalue weighted by molar-refractivity contribution is 4.77.